The van der Waals surface area contributed by atoms with Gasteiger partial charge in [-0.3, -0.25) is 4.79 Å². The van der Waals surface area contributed by atoms with Crippen LogP contribution in [0.2, 0.25) is 0 Å². The third-order valence-corrected chi connectivity index (χ3v) is 5.26. The third-order valence-electron chi connectivity index (χ3n) is 5.26. The lowest BCUT2D eigenvalue weighted by Gasteiger charge is -2.45. The maximum Gasteiger partial charge on any atom is 0.253 e. The quantitative estimate of drug-likeness (QED) is 0.897. The van der Waals surface area contributed by atoms with Crippen LogP contribution in [-0.4, -0.2) is 25.1 Å². The molecule has 2 aliphatic rings. The van der Waals surface area contributed by atoms with Crippen molar-refractivity contribution >= 4 is 5.91 Å². The number of nitrogens with one attached hydrogen (secondary N) is 1. The number of carbonyl (C=O) groups excluding carboxylic acids is 1. The summed E-state index contributed by atoms with van der Waals surface area (Å²) < 4.78 is 5.45. The second kappa shape index (κ2) is 6.80. The van der Waals surface area contributed by atoms with Crippen molar-refractivity contribution in [3.8, 4) is 0 Å². The molecule has 22 heavy (non-hydrogen) atoms. The van der Waals surface area contributed by atoms with Crippen LogP contribution in [0.15, 0.2) is 30.3 Å². The van der Waals surface area contributed by atoms with Crippen LogP contribution in [0.3, 0.4) is 0 Å². The van der Waals surface area contributed by atoms with E-state index < -0.39 is 6.10 Å². The van der Waals surface area contributed by atoms with Crippen LogP contribution in [0.4, 0.5) is 0 Å². The highest BCUT2D eigenvalue weighted by Crippen LogP contribution is 2.40. The molecule has 0 heterocycles. The molecule has 0 spiro atoms. The number of hydrogen-bond acceptors (Lipinski definition) is 3. The standard InChI is InChI=1S/C18H26N2O2/c1-22-17(12-6-3-2-4-7-12)18(21)20-16-13-8-5-9-14(16)11-15(19)10-13/h2-4,6-7,13-17H,5,8-11,19H2,1H3,(H,20,21). The fourth-order valence-corrected chi connectivity index (χ4v) is 4.29. The molecular formula is C18H26N2O2. The van der Waals surface area contributed by atoms with Crippen LogP contribution < -0.4 is 11.1 Å². The van der Waals surface area contributed by atoms with Gasteiger partial charge < -0.3 is 15.8 Å². The molecule has 4 nitrogen and oxygen atoms in total. The molecule has 1 aromatic rings. The number of benzene rings is 1. The Morgan fingerprint density at radius 3 is 2.45 bits per heavy atom. The first-order chi connectivity index (χ1) is 10.7. The van der Waals surface area contributed by atoms with Gasteiger partial charge >= 0.3 is 0 Å². The maximum absolute atomic E-state index is 12.7. The van der Waals surface area contributed by atoms with E-state index in [0.717, 1.165) is 18.4 Å². The lowest BCUT2D eigenvalue weighted by atomic mass is 9.67. The predicted molar refractivity (Wildman–Crippen MR) is 86.2 cm³/mol. The van der Waals surface area contributed by atoms with E-state index >= 15 is 0 Å². The summed E-state index contributed by atoms with van der Waals surface area (Å²) in [6, 6.07) is 10.3. The van der Waals surface area contributed by atoms with Crippen LogP contribution in [-0.2, 0) is 9.53 Å². The molecule has 4 heteroatoms. The summed E-state index contributed by atoms with van der Waals surface area (Å²) in [5.74, 6) is 1.03. The Bertz CT molecular complexity index is 491. The van der Waals surface area contributed by atoms with Gasteiger partial charge in [0.2, 0.25) is 0 Å². The molecule has 3 unspecified atom stereocenters. The minimum atomic E-state index is -0.530. The highest BCUT2D eigenvalue weighted by atomic mass is 16.5. The number of amides is 1. The molecule has 2 fully saturated rings. The first-order valence-electron chi connectivity index (χ1n) is 8.32. The van der Waals surface area contributed by atoms with E-state index in [4.69, 9.17) is 10.5 Å². The Kier molecular flexibility index (Phi) is 4.79. The highest BCUT2D eigenvalue weighted by molar-refractivity contribution is 5.82. The van der Waals surface area contributed by atoms with Gasteiger partial charge in [-0.2, -0.15) is 0 Å². The average molecular weight is 302 g/mol. The Balaban J connectivity index is 1.70. The normalized spacial score (nSPS) is 32.3. The van der Waals surface area contributed by atoms with Crippen molar-refractivity contribution < 1.29 is 9.53 Å². The van der Waals surface area contributed by atoms with Gasteiger partial charge in [-0.05, 0) is 43.1 Å². The summed E-state index contributed by atoms with van der Waals surface area (Å²) in [7, 11) is 1.59. The summed E-state index contributed by atoms with van der Waals surface area (Å²) in [6.45, 7) is 0. The van der Waals surface area contributed by atoms with Crippen molar-refractivity contribution in [2.45, 2.75) is 50.3 Å². The van der Waals surface area contributed by atoms with Crippen molar-refractivity contribution in [3.63, 3.8) is 0 Å². The monoisotopic (exact) mass is 302 g/mol. The van der Waals surface area contributed by atoms with Gasteiger partial charge in [-0.15, -0.1) is 0 Å². The number of methoxy groups -OCH3 is 1. The van der Waals surface area contributed by atoms with Gasteiger partial charge in [-0.25, -0.2) is 0 Å². The zero-order valence-corrected chi connectivity index (χ0v) is 13.2. The molecule has 1 amide bonds. The fourth-order valence-electron chi connectivity index (χ4n) is 4.29. The van der Waals surface area contributed by atoms with Crippen LogP contribution in [0.5, 0.6) is 0 Å². The largest absolute Gasteiger partial charge is 0.367 e. The van der Waals surface area contributed by atoms with Crippen LogP contribution in [0.1, 0.15) is 43.8 Å². The van der Waals surface area contributed by atoms with E-state index in [9.17, 15) is 4.79 Å². The van der Waals surface area contributed by atoms with Crippen molar-refractivity contribution in [1.82, 2.24) is 5.32 Å². The predicted octanol–water partition coefficient (Wildman–Crippen LogP) is 2.40. The van der Waals surface area contributed by atoms with E-state index in [-0.39, 0.29) is 11.9 Å². The van der Waals surface area contributed by atoms with E-state index in [1.165, 1.54) is 19.3 Å². The second-order valence-electron chi connectivity index (χ2n) is 6.74. The summed E-state index contributed by atoms with van der Waals surface area (Å²) in [6.07, 6.45) is 5.16. The molecule has 1 aromatic carbocycles. The topological polar surface area (TPSA) is 64.3 Å². The molecule has 3 N–H and O–H groups in total. The molecule has 2 aliphatic carbocycles. The number of carbonyl (C=O) groups is 1. The number of hydrogen-bond donors (Lipinski definition) is 2. The smallest absolute Gasteiger partial charge is 0.253 e. The molecular weight excluding hydrogens is 276 g/mol. The molecule has 120 valence electrons. The zero-order chi connectivity index (χ0) is 15.5. The lowest BCUT2D eigenvalue weighted by molar-refractivity contribution is -0.133. The molecule has 0 saturated heterocycles. The lowest BCUT2D eigenvalue weighted by Crippen LogP contribution is -2.54. The van der Waals surface area contributed by atoms with Crippen molar-refractivity contribution in [2.24, 2.45) is 17.6 Å². The fraction of sp³-hybridized carbons (Fsp3) is 0.611. The molecule has 2 saturated carbocycles. The van der Waals surface area contributed by atoms with Gasteiger partial charge in [0.05, 0.1) is 0 Å². The zero-order valence-electron chi connectivity index (χ0n) is 13.2. The third kappa shape index (κ3) is 3.18. The number of ether oxygens (including phenoxy) is 1. The first kappa shape index (κ1) is 15.5. The number of rotatable bonds is 4. The van der Waals surface area contributed by atoms with E-state index in [1.807, 2.05) is 30.3 Å². The summed E-state index contributed by atoms with van der Waals surface area (Å²) >= 11 is 0. The van der Waals surface area contributed by atoms with E-state index in [0.29, 0.717) is 17.9 Å². The molecule has 0 aromatic heterocycles. The average Bonchev–Trinajstić information content (AvgIpc) is 2.50. The molecule has 0 aliphatic heterocycles. The van der Waals surface area contributed by atoms with Crippen molar-refractivity contribution in [2.75, 3.05) is 7.11 Å². The minimum Gasteiger partial charge on any atom is -0.367 e. The number of fused-ring (bicyclic) bond motifs is 2. The number of nitrogens with two attached hydrogens (primary N) is 1. The van der Waals surface area contributed by atoms with Gasteiger partial charge in [0.1, 0.15) is 0 Å². The van der Waals surface area contributed by atoms with Crippen LogP contribution in [0, 0.1) is 11.8 Å². The first-order valence-corrected chi connectivity index (χ1v) is 8.32. The SMILES string of the molecule is COC(C(=O)NC1C2CCCC1CC(N)C2)c1ccccc1. The molecule has 2 bridgehead atoms. The summed E-state index contributed by atoms with van der Waals surface area (Å²) in [5.41, 5.74) is 7.06. The summed E-state index contributed by atoms with van der Waals surface area (Å²) in [4.78, 5) is 12.7. The molecule has 3 atom stereocenters. The highest BCUT2D eigenvalue weighted by Gasteiger charge is 2.40. The second-order valence-corrected chi connectivity index (χ2v) is 6.74. The maximum atomic E-state index is 12.7. The van der Waals surface area contributed by atoms with E-state index in [2.05, 4.69) is 5.32 Å². The van der Waals surface area contributed by atoms with Gasteiger partial charge in [0, 0.05) is 19.2 Å². The van der Waals surface area contributed by atoms with Gasteiger partial charge in [0.15, 0.2) is 6.10 Å². The Hall–Kier alpha value is -1.39. The molecule has 0 radical (unpaired) electrons. The van der Waals surface area contributed by atoms with Crippen LogP contribution in [0.25, 0.3) is 0 Å². The Morgan fingerprint density at radius 1 is 1.23 bits per heavy atom. The van der Waals surface area contributed by atoms with Gasteiger partial charge in [0.25, 0.3) is 5.91 Å². The van der Waals surface area contributed by atoms with E-state index in [1.54, 1.807) is 7.11 Å². The van der Waals surface area contributed by atoms with Gasteiger partial charge in [-0.1, -0.05) is 36.8 Å². The summed E-state index contributed by atoms with van der Waals surface area (Å²) in [5, 5.41) is 3.27. The molecule has 3 rings (SSSR count). The Morgan fingerprint density at radius 2 is 1.86 bits per heavy atom. The van der Waals surface area contributed by atoms with Crippen molar-refractivity contribution in [1.29, 1.82) is 0 Å². The Labute approximate surface area is 132 Å². The minimum absolute atomic E-state index is 0.0222. The van der Waals surface area contributed by atoms with Crippen molar-refractivity contribution in [3.05, 3.63) is 35.9 Å². The van der Waals surface area contributed by atoms with Crippen LogP contribution >= 0.6 is 0 Å².